The zero-order chi connectivity index (χ0) is 11.5. The van der Waals surface area contributed by atoms with Crippen LogP contribution in [0.1, 0.15) is 5.56 Å². The number of aromatic nitrogens is 1. The summed E-state index contributed by atoms with van der Waals surface area (Å²) in [6.45, 7) is 0. The van der Waals surface area contributed by atoms with Crippen LogP contribution >= 0.6 is 0 Å². The van der Waals surface area contributed by atoms with Gasteiger partial charge in [0.05, 0.1) is 17.3 Å². The van der Waals surface area contributed by atoms with Gasteiger partial charge in [0.15, 0.2) is 11.6 Å². The van der Waals surface area contributed by atoms with Crippen molar-refractivity contribution in [2.75, 3.05) is 0 Å². The van der Waals surface area contributed by atoms with E-state index in [1.807, 2.05) is 6.07 Å². The Morgan fingerprint density at radius 3 is 2.75 bits per heavy atom. The summed E-state index contributed by atoms with van der Waals surface area (Å²) in [7, 11) is 0. The number of pyridine rings is 1. The normalized spacial score (nSPS) is 9.81. The van der Waals surface area contributed by atoms with Gasteiger partial charge in [-0.15, -0.1) is 0 Å². The molecule has 16 heavy (non-hydrogen) atoms. The maximum Gasteiger partial charge on any atom is 0.168 e. The monoisotopic (exact) mass is 216 g/mol. The lowest BCUT2D eigenvalue weighted by Crippen LogP contribution is -1.91. The van der Waals surface area contributed by atoms with Crippen LogP contribution in [0.2, 0.25) is 0 Å². The molecule has 0 unspecified atom stereocenters. The molecule has 1 aromatic carbocycles. The van der Waals surface area contributed by atoms with Gasteiger partial charge in [0.2, 0.25) is 0 Å². The first-order chi connectivity index (χ1) is 7.72. The Labute approximate surface area is 90.8 Å². The van der Waals surface area contributed by atoms with Crippen LogP contribution in [0.25, 0.3) is 11.3 Å². The highest BCUT2D eigenvalue weighted by atomic mass is 19.2. The summed E-state index contributed by atoms with van der Waals surface area (Å²) in [4.78, 5) is 3.90. The maximum absolute atomic E-state index is 13.4. The summed E-state index contributed by atoms with van der Waals surface area (Å²) in [5, 5.41) is 8.69. The Kier molecular flexibility index (Phi) is 2.61. The zero-order valence-corrected chi connectivity index (χ0v) is 8.11. The molecule has 2 rings (SSSR count). The van der Waals surface area contributed by atoms with Crippen molar-refractivity contribution in [1.29, 1.82) is 5.26 Å². The zero-order valence-electron chi connectivity index (χ0n) is 8.11. The molecule has 2 nitrogen and oxygen atoms in total. The molecule has 0 aliphatic carbocycles. The van der Waals surface area contributed by atoms with Gasteiger partial charge >= 0.3 is 0 Å². The van der Waals surface area contributed by atoms with Crippen LogP contribution in [0.5, 0.6) is 0 Å². The van der Waals surface area contributed by atoms with Gasteiger partial charge in [0.25, 0.3) is 0 Å². The fourth-order valence-electron chi connectivity index (χ4n) is 1.35. The fraction of sp³-hybridized carbons (Fsp3) is 0. The molecule has 0 radical (unpaired) electrons. The van der Waals surface area contributed by atoms with Gasteiger partial charge in [0, 0.05) is 11.8 Å². The van der Waals surface area contributed by atoms with Crippen LogP contribution in [0.3, 0.4) is 0 Å². The number of benzene rings is 1. The highest BCUT2D eigenvalue weighted by Crippen LogP contribution is 2.22. The summed E-state index contributed by atoms with van der Waals surface area (Å²) in [6, 6.07) is 8.68. The molecule has 0 spiro atoms. The molecule has 78 valence electrons. The predicted molar refractivity (Wildman–Crippen MR) is 54.3 cm³/mol. The van der Waals surface area contributed by atoms with E-state index in [0.717, 1.165) is 6.07 Å². The van der Waals surface area contributed by atoms with Crippen molar-refractivity contribution >= 4 is 0 Å². The van der Waals surface area contributed by atoms with Gasteiger partial charge in [-0.25, -0.2) is 8.78 Å². The summed E-state index contributed by atoms with van der Waals surface area (Å²) < 4.78 is 26.4. The molecular formula is C12H6F2N2. The number of hydrogen-bond acceptors (Lipinski definition) is 2. The summed E-state index contributed by atoms with van der Waals surface area (Å²) >= 11 is 0. The second-order valence-electron chi connectivity index (χ2n) is 3.14. The van der Waals surface area contributed by atoms with E-state index in [4.69, 9.17) is 5.26 Å². The third kappa shape index (κ3) is 1.75. The minimum atomic E-state index is -0.954. The number of rotatable bonds is 1. The van der Waals surface area contributed by atoms with Crippen molar-refractivity contribution in [1.82, 2.24) is 4.98 Å². The highest BCUT2D eigenvalue weighted by Gasteiger charge is 2.10. The fourth-order valence-corrected chi connectivity index (χ4v) is 1.35. The van der Waals surface area contributed by atoms with E-state index in [0.29, 0.717) is 5.56 Å². The van der Waals surface area contributed by atoms with Crippen molar-refractivity contribution in [3.63, 3.8) is 0 Å². The van der Waals surface area contributed by atoms with Crippen LogP contribution in [-0.4, -0.2) is 4.98 Å². The van der Waals surface area contributed by atoms with Gasteiger partial charge < -0.3 is 0 Å². The van der Waals surface area contributed by atoms with E-state index in [1.165, 1.54) is 30.5 Å². The summed E-state index contributed by atoms with van der Waals surface area (Å²) in [5.74, 6) is -1.88. The molecule has 0 fully saturated rings. The predicted octanol–water partition coefficient (Wildman–Crippen LogP) is 2.90. The molecule has 1 heterocycles. The lowest BCUT2D eigenvalue weighted by Gasteiger charge is -2.02. The third-order valence-electron chi connectivity index (χ3n) is 2.12. The number of halogens is 2. The van der Waals surface area contributed by atoms with Gasteiger partial charge in [-0.05, 0) is 24.3 Å². The standard InChI is InChI=1S/C12H6F2N2/c13-10-3-1-2-9(12(10)14)11-6-8(7-15)4-5-16-11/h1-6H. The van der Waals surface area contributed by atoms with Crippen LogP contribution in [0.4, 0.5) is 8.78 Å². The lowest BCUT2D eigenvalue weighted by atomic mass is 10.1. The second-order valence-corrected chi connectivity index (χ2v) is 3.14. The van der Waals surface area contributed by atoms with Crippen LogP contribution in [0.15, 0.2) is 36.5 Å². The quantitative estimate of drug-likeness (QED) is 0.734. The molecular weight excluding hydrogens is 210 g/mol. The Balaban J connectivity index is 2.59. The largest absolute Gasteiger partial charge is 0.256 e. The van der Waals surface area contributed by atoms with E-state index < -0.39 is 11.6 Å². The van der Waals surface area contributed by atoms with Crippen molar-refractivity contribution in [3.8, 4) is 17.3 Å². The molecule has 0 saturated heterocycles. The van der Waals surface area contributed by atoms with Crippen molar-refractivity contribution in [2.24, 2.45) is 0 Å². The second kappa shape index (κ2) is 4.07. The van der Waals surface area contributed by atoms with Crippen molar-refractivity contribution in [2.45, 2.75) is 0 Å². The minimum absolute atomic E-state index is 0.0529. The van der Waals surface area contributed by atoms with E-state index >= 15 is 0 Å². The smallest absolute Gasteiger partial charge is 0.168 e. The van der Waals surface area contributed by atoms with Crippen molar-refractivity contribution in [3.05, 3.63) is 53.7 Å². The summed E-state index contributed by atoms with van der Waals surface area (Å²) in [6.07, 6.45) is 1.39. The summed E-state index contributed by atoms with van der Waals surface area (Å²) in [5.41, 5.74) is 0.654. The molecule has 2 aromatic rings. The molecule has 1 aromatic heterocycles. The Bertz CT molecular complexity index is 573. The van der Waals surface area contributed by atoms with Crippen LogP contribution < -0.4 is 0 Å². The Hall–Kier alpha value is -2.28. The van der Waals surface area contributed by atoms with Gasteiger partial charge in [-0.3, -0.25) is 4.98 Å². The topological polar surface area (TPSA) is 36.7 Å². The highest BCUT2D eigenvalue weighted by molar-refractivity contribution is 5.61. The first-order valence-corrected chi connectivity index (χ1v) is 4.53. The third-order valence-corrected chi connectivity index (χ3v) is 2.12. The number of hydrogen-bond donors (Lipinski definition) is 0. The first-order valence-electron chi connectivity index (χ1n) is 4.53. The molecule has 0 saturated carbocycles. The molecule has 0 aliphatic rings. The molecule has 0 N–H and O–H groups in total. The van der Waals surface area contributed by atoms with Crippen molar-refractivity contribution < 1.29 is 8.78 Å². The molecule has 0 amide bonds. The van der Waals surface area contributed by atoms with E-state index in [1.54, 1.807) is 0 Å². The Morgan fingerprint density at radius 1 is 1.19 bits per heavy atom. The maximum atomic E-state index is 13.4. The number of nitriles is 1. The molecule has 0 atom stereocenters. The lowest BCUT2D eigenvalue weighted by molar-refractivity contribution is 0.511. The van der Waals surface area contributed by atoms with E-state index in [2.05, 4.69) is 4.98 Å². The first kappa shape index (κ1) is 10.2. The van der Waals surface area contributed by atoms with Crippen LogP contribution in [0, 0.1) is 23.0 Å². The number of nitrogens with zero attached hydrogens (tertiary/aromatic N) is 2. The van der Waals surface area contributed by atoms with Gasteiger partial charge in [-0.1, -0.05) is 6.07 Å². The van der Waals surface area contributed by atoms with E-state index in [9.17, 15) is 8.78 Å². The molecule has 4 heteroatoms. The van der Waals surface area contributed by atoms with Gasteiger partial charge in [0.1, 0.15) is 0 Å². The SMILES string of the molecule is N#Cc1ccnc(-c2cccc(F)c2F)c1. The average Bonchev–Trinajstić information content (AvgIpc) is 2.33. The van der Waals surface area contributed by atoms with E-state index in [-0.39, 0.29) is 11.3 Å². The van der Waals surface area contributed by atoms with Crippen LogP contribution in [-0.2, 0) is 0 Å². The molecule has 0 bridgehead atoms. The van der Waals surface area contributed by atoms with Gasteiger partial charge in [-0.2, -0.15) is 5.26 Å². The Morgan fingerprint density at radius 2 is 2.00 bits per heavy atom. The average molecular weight is 216 g/mol. The molecule has 0 aliphatic heterocycles. The minimum Gasteiger partial charge on any atom is -0.256 e.